The van der Waals surface area contributed by atoms with Gasteiger partial charge in [0.05, 0.1) is 22.9 Å². The highest BCUT2D eigenvalue weighted by atomic mass is 16.1. The minimum Gasteiger partial charge on any atom is -0.344 e. The Morgan fingerprint density at radius 3 is 2.62 bits per heavy atom. The molecule has 6 rings (SSSR count). The Morgan fingerprint density at radius 1 is 0.974 bits per heavy atom. The van der Waals surface area contributed by atoms with Gasteiger partial charge >= 0.3 is 0 Å². The highest BCUT2D eigenvalue weighted by molar-refractivity contribution is 6.01. The Labute approximate surface area is 225 Å². The second kappa shape index (κ2) is 9.88. The average Bonchev–Trinajstić information content (AvgIpc) is 3.52. The fourth-order valence-electron chi connectivity index (χ4n) is 4.71. The first-order valence-corrected chi connectivity index (χ1v) is 12.6. The molecule has 1 atom stereocenters. The predicted octanol–water partition coefficient (Wildman–Crippen LogP) is 4.88. The zero-order chi connectivity index (χ0) is 26.9. The molecule has 0 fully saturated rings. The van der Waals surface area contributed by atoms with Crippen LogP contribution in [0.2, 0.25) is 0 Å². The maximum Gasteiger partial charge on any atom is 0.257 e. The molecule has 8 heteroatoms. The van der Waals surface area contributed by atoms with Gasteiger partial charge in [-0.3, -0.25) is 9.48 Å². The van der Waals surface area contributed by atoms with Crippen LogP contribution in [0, 0.1) is 18.8 Å². The molecule has 1 amide bonds. The fourth-order valence-corrected chi connectivity index (χ4v) is 4.71. The van der Waals surface area contributed by atoms with Crippen molar-refractivity contribution < 1.29 is 4.79 Å². The molecule has 0 saturated carbocycles. The molecule has 0 aliphatic carbocycles. The lowest BCUT2D eigenvalue weighted by Gasteiger charge is -2.19. The molecule has 6 aromatic rings. The second-order valence-corrected chi connectivity index (χ2v) is 9.33. The van der Waals surface area contributed by atoms with Gasteiger partial charge in [-0.15, -0.1) is 0 Å². The van der Waals surface area contributed by atoms with Gasteiger partial charge in [-0.1, -0.05) is 42.3 Å². The van der Waals surface area contributed by atoms with E-state index in [1.54, 1.807) is 27.7 Å². The lowest BCUT2D eigenvalue weighted by molar-refractivity contribution is 0.0940. The van der Waals surface area contributed by atoms with Crippen molar-refractivity contribution in [2.75, 3.05) is 0 Å². The van der Waals surface area contributed by atoms with Crippen LogP contribution in [0.25, 0.3) is 27.7 Å². The second-order valence-electron chi connectivity index (χ2n) is 9.33. The summed E-state index contributed by atoms with van der Waals surface area (Å²) >= 11 is 0. The van der Waals surface area contributed by atoms with Gasteiger partial charge in [0.1, 0.15) is 11.3 Å². The van der Waals surface area contributed by atoms with Gasteiger partial charge < -0.3 is 5.32 Å². The van der Waals surface area contributed by atoms with Crippen molar-refractivity contribution in [3.63, 3.8) is 0 Å². The number of nitrogens with one attached hydrogen (secondary N) is 1. The fraction of sp³-hybridized carbons (Fsp3) is 0.129. The van der Waals surface area contributed by atoms with Crippen molar-refractivity contribution >= 4 is 22.5 Å². The van der Waals surface area contributed by atoms with E-state index in [0.717, 1.165) is 33.3 Å². The lowest BCUT2D eigenvalue weighted by Crippen LogP contribution is -2.28. The summed E-state index contributed by atoms with van der Waals surface area (Å²) < 4.78 is 3.35. The van der Waals surface area contributed by atoms with Crippen molar-refractivity contribution in [1.82, 2.24) is 34.7 Å². The van der Waals surface area contributed by atoms with Crippen molar-refractivity contribution in [1.29, 1.82) is 0 Å². The van der Waals surface area contributed by atoms with Crippen LogP contribution in [0.4, 0.5) is 0 Å². The van der Waals surface area contributed by atoms with Gasteiger partial charge in [-0.05, 0) is 55.7 Å². The maximum atomic E-state index is 13.5. The highest BCUT2D eigenvalue weighted by Gasteiger charge is 2.23. The Hall–Kier alpha value is -5.29. The molecule has 0 radical (unpaired) electrons. The Kier molecular flexibility index (Phi) is 6.10. The summed E-state index contributed by atoms with van der Waals surface area (Å²) in [4.78, 5) is 22.9. The third-order valence-corrected chi connectivity index (χ3v) is 6.57. The van der Waals surface area contributed by atoms with E-state index in [9.17, 15) is 4.79 Å². The van der Waals surface area contributed by atoms with E-state index in [2.05, 4.69) is 38.4 Å². The maximum absolute atomic E-state index is 13.5. The van der Waals surface area contributed by atoms with E-state index in [1.807, 2.05) is 81.7 Å². The first kappa shape index (κ1) is 24.1. The third-order valence-electron chi connectivity index (χ3n) is 6.57. The number of pyridine rings is 1. The third kappa shape index (κ3) is 4.62. The van der Waals surface area contributed by atoms with Crippen LogP contribution >= 0.6 is 0 Å². The molecule has 4 heterocycles. The molecule has 0 saturated heterocycles. The summed E-state index contributed by atoms with van der Waals surface area (Å²) in [6.07, 6.45) is 5.31. The number of benzene rings is 2. The van der Waals surface area contributed by atoms with E-state index in [-0.39, 0.29) is 5.91 Å². The summed E-state index contributed by atoms with van der Waals surface area (Å²) in [5.74, 6) is 6.17. The Bertz CT molecular complexity index is 1910. The van der Waals surface area contributed by atoms with Crippen molar-refractivity contribution in [3.05, 3.63) is 114 Å². The van der Waals surface area contributed by atoms with Gasteiger partial charge in [0.2, 0.25) is 0 Å². The average molecular weight is 512 g/mol. The number of fused-ring (bicyclic) bond motifs is 2. The summed E-state index contributed by atoms with van der Waals surface area (Å²) in [6.45, 7) is 3.75. The number of carbonyl (C=O) groups excluding carboxylic acids is 1. The standard InChI is InChI=1S/C31H25N7O/c1-20-28(30-32-16-8-17-38(30)35-20)31(39)33-21(2)29-26(22-9-5-4-6-10-22)19-25-23(11-7-12-27(25)34-29)13-14-24-15-18-37(3)36-24/h4-12,15-19,21H,1-3H3,(H,33,39)/t21-/m0/s1. The number of amides is 1. The van der Waals surface area contributed by atoms with Crippen LogP contribution < -0.4 is 5.32 Å². The van der Waals surface area contributed by atoms with Crippen LogP contribution in [-0.4, -0.2) is 35.3 Å². The molecule has 0 aliphatic heterocycles. The van der Waals surface area contributed by atoms with E-state index in [1.165, 1.54) is 0 Å². The normalized spacial score (nSPS) is 11.8. The molecule has 8 nitrogen and oxygen atoms in total. The van der Waals surface area contributed by atoms with Crippen LogP contribution in [0.5, 0.6) is 0 Å². The number of aromatic nitrogens is 6. The minimum absolute atomic E-state index is 0.246. The highest BCUT2D eigenvalue weighted by Crippen LogP contribution is 2.32. The van der Waals surface area contributed by atoms with Gasteiger partial charge in [-0.2, -0.15) is 10.2 Å². The summed E-state index contributed by atoms with van der Waals surface area (Å²) in [5.41, 5.74) is 6.65. The summed E-state index contributed by atoms with van der Waals surface area (Å²) in [7, 11) is 1.87. The number of hydrogen-bond donors (Lipinski definition) is 1. The molecule has 39 heavy (non-hydrogen) atoms. The monoisotopic (exact) mass is 511 g/mol. The lowest BCUT2D eigenvalue weighted by atomic mass is 9.96. The van der Waals surface area contributed by atoms with Gasteiger partial charge in [0, 0.05) is 42.2 Å². The van der Waals surface area contributed by atoms with Crippen molar-refractivity contribution in [3.8, 4) is 23.0 Å². The molecule has 0 spiro atoms. The molecular weight excluding hydrogens is 486 g/mol. The molecule has 0 bridgehead atoms. The molecule has 1 N–H and O–H groups in total. The summed E-state index contributed by atoms with van der Waals surface area (Å²) in [5, 5.41) is 12.9. The quantitative estimate of drug-likeness (QED) is 0.341. The largest absolute Gasteiger partial charge is 0.344 e. The predicted molar refractivity (Wildman–Crippen MR) is 150 cm³/mol. The zero-order valence-electron chi connectivity index (χ0n) is 21.8. The van der Waals surface area contributed by atoms with Crippen LogP contribution in [0.1, 0.15) is 46.0 Å². The topological polar surface area (TPSA) is 90.0 Å². The van der Waals surface area contributed by atoms with Crippen molar-refractivity contribution in [2.45, 2.75) is 19.9 Å². The number of rotatable bonds is 4. The first-order chi connectivity index (χ1) is 19.0. The first-order valence-electron chi connectivity index (χ1n) is 12.6. The number of nitrogens with zero attached hydrogens (tertiary/aromatic N) is 6. The number of hydrogen-bond acceptors (Lipinski definition) is 5. The Balaban J connectivity index is 1.43. The smallest absolute Gasteiger partial charge is 0.257 e. The van der Waals surface area contributed by atoms with E-state index >= 15 is 0 Å². The van der Waals surface area contributed by atoms with Gasteiger partial charge in [-0.25, -0.2) is 14.5 Å². The number of aryl methyl sites for hydroxylation is 2. The van der Waals surface area contributed by atoms with Gasteiger partial charge in [0.25, 0.3) is 5.91 Å². The molecule has 190 valence electrons. The van der Waals surface area contributed by atoms with E-state index in [0.29, 0.717) is 22.6 Å². The molecular formula is C31H25N7O. The van der Waals surface area contributed by atoms with Crippen LogP contribution in [-0.2, 0) is 7.05 Å². The van der Waals surface area contributed by atoms with E-state index < -0.39 is 6.04 Å². The SMILES string of the molecule is Cc1nn2cccnc2c1C(=O)N[C@@H](C)c1nc2cccc(C#Cc3ccn(C)n3)c2cc1-c1ccccc1. The number of carbonyl (C=O) groups is 1. The van der Waals surface area contributed by atoms with Crippen LogP contribution in [0.15, 0.2) is 85.3 Å². The molecule has 4 aromatic heterocycles. The Morgan fingerprint density at radius 2 is 1.82 bits per heavy atom. The molecule has 0 aliphatic rings. The van der Waals surface area contributed by atoms with E-state index in [4.69, 9.17) is 4.98 Å². The van der Waals surface area contributed by atoms with Crippen LogP contribution in [0.3, 0.4) is 0 Å². The zero-order valence-corrected chi connectivity index (χ0v) is 21.8. The minimum atomic E-state index is -0.390. The molecule has 0 unspecified atom stereocenters. The van der Waals surface area contributed by atoms with Gasteiger partial charge in [0.15, 0.2) is 5.65 Å². The summed E-state index contributed by atoms with van der Waals surface area (Å²) in [6, 6.07) is 21.3. The van der Waals surface area contributed by atoms with Crippen molar-refractivity contribution in [2.24, 2.45) is 7.05 Å². The molecule has 2 aromatic carbocycles.